The zero-order valence-electron chi connectivity index (χ0n) is 48.8. The summed E-state index contributed by atoms with van der Waals surface area (Å²) < 4.78 is 0. The molecule has 1 fully saturated rings. The molecule has 2 aromatic carbocycles. The molecule has 71 heavy (non-hydrogen) atoms. The lowest BCUT2D eigenvalue weighted by Gasteiger charge is -2.06. The fourth-order valence-corrected chi connectivity index (χ4v) is 7.79. The molecule has 0 aliphatic heterocycles. The van der Waals surface area contributed by atoms with E-state index in [0.29, 0.717) is 6.54 Å². The van der Waals surface area contributed by atoms with E-state index < -0.39 is 0 Å². The molecule has 1 aromatic heterocycles. The minimum Gasteiger partial charge on any atom is -0.356 e. The van der Waals surface area contributed by atoms with E-state index in [1.165, 1.54) is 113 Å². The van der Waals surface area contributed by atoms with Crippen molar-refractivity contribution in [3.8, 4) is 0 Å². The van der Waals surface area contributed by atoms with Crippen LogP contribution in [0.5, 0.6) is 0 Å². The molecule has 0 unspecified atom stereocenters. The normalized spacial score (nSPS) is 11.4. The number of ketones is 2. The van der Waals surface area contributed by atoms with Crippen LogP contribution in [0.4, 0.5) is 0 Å². The molecule has 8 heteroatoms. The molecule has 0 saturated heterocycles. The van der Waals surface area contributed by atoms with Crippen molar-refractivity contribution in [2.24, 2.45) is 47.3 Å². The SMILES string of the molecule is CC(C)C(=O)NCc1ccccc1.CC(C)C(=O)c1ccccc1.CC(C)C(=O)c1cccs1.CC(C)CC1CC1.CCCCCCCCCCCC(C)C.CCNC(=O)C(C)C.CSCCCC(C)C. The molecule has 2 amide bonds. The van der Waals surface area contributed by atoms with Crippen molar-refractivity contribution in [1.82, 2.24) is 10.6 Å². The summed E-state index contributed by atoms with van der Waals surface area (Å²) in [6, 6.07) is 23.1. The lowest BCUT2D eigenvalue weighted by molar-refractivity contribution is -0.124. The summed E-state index contributed by atoms with van der Waals surface area (Å²) in [5.41, 5.74) is 1.94. The van der Waals surface area contributed by atoms with Gasteiger partial charge in [0.2, 0.25) is 11.8 Å². The molecule has 1 aliphatic rings. The van der Waals surface area contributed by atoms with E-state index in [2.05, 4.69) is 65.4 Å². The number of benzene rings is 2. The molecule has 0 spiro atoms. The second-order valence-corrected chi connectivity index (χ2v) is 23.3. The van der Waals surface area contributed by atoms with Crippen molar-refractivity contribution < 1.29 is 19.2 Å². The highest BCUT2D eigenvalue weighted by Gasteiger charge is 2.21. The van der Waals surface area contributed by atoms with Crippen molar-refractivity contribution >= 4 is 46.5 Å². The summed E-state index contributed by atoms with van der Waals surface area (Å²) >= 11 is 3.45. The predicted octanol–water partition coefficient (Wildman–Crippen LogP) is 18.6. The Morgan fingerprint density at radius 1 is 0.535 bits per heavy atom. The van der Waals surface area contributed by atoms with Gasteiger partial charge in [-0.2, -0.15) is 11.8 Å². The number of thioether (sulfide) groups is 1. The molecule has 408 valence electrons. The Hall–Kier alpha value is -3.23. The van der Waals surface area contributed by atoms with Crippen molar-refractivity contribution in [1.29, 1.82) is 0 Å². The van der Waals surface area contributed by atoms with Gasteiger partial charge in [0.05, 0.1) is 4.88 Å². The van der Waals surface area contributed by atoms with Gasteiger partial charge in [-0.25, -0.2) is 0 Å². The quantitative estimate of drug-likeness (QED) is 0.0652. The molecule has 3 aromatic rings. The molecule has 1 saturated carbocycles. The molecule has 0 bridgehead atoms. The van der Waals surface area contributed by atoms with E-state index in [1.54, 1.807) is 0 Å². The summed E-state index contributed by atoms with van der Waals surface area (Å²) in [6.45, 7) is 34.6. The van der Waals surface area contributed by atoms with Crippen LogP contribution in [0.2, 0.25) is 0 Å². The molecule has 4 rings (SSSR count). The molecule has 2 N–H and O–H groups in total. The first-order chi connectivity index (χ1) is 33.6. The fourth-order valence-electron chi connectivity index (χ4n) is 6.53. The average molecular weight is 1020 g/mol. The number of thiophene rings is 1. The maximum absolute atomic E-state index is 11.3. The third-order valence-corrected chi connectivity index (χ3v) is 12.7. The third kappa shape index (κ3) is 50.1. The molecule has 1 heterocycles. The average Bonchev–Trinajstić information content (AvgIpc) is 3.97. The molecule has 0 atom stereocenters. The highest BCUT2D eigenvalue weighted by atomic mass is 32.2. The van der Waals surface area contributed by atoms with E-state index in [9.17, 15) is 19.2 Å². The Bertz CT molecular complexity index is 1630. The predicted molar refractivity (Wildman–Crippen MR) is 317 cm³/mol. The monoisotopic (exact) mass is 1020 g/mol. The standard InChI is InChI=1S/C14H30.C11H15NO.C10H12O.C8H10OS.C7H16S.C7H14.C6H13NO/c1-4-5-6-7-8-9-10-11-12-13-14(2)3;1-9(2)11(13)12-8-10-6-4-3-5-7-10;1-8(2)10(11)9-6-4-3-5-7-9;1-6(2)8(9)7-4-3-5-10-7;1-7(2)5-4-6-8-3;1-6(2)5-7-3-4-7;1-4-7-6(8)5(2)3/h14H,4-13H2,1-3H3;3-7,9H,8H2,1-2H3,(H,12,13);3-8H,1-2H3;3-6H,1-2H3;7H,4-6H2,1-3H3;6-7H,3-5H2,1-2H3;5H,4H2,1-3H3,(H,7,8). The van der Waals surface area contributed by atoms with Crippen LogP contribution in [0.25, 0.3) is 0 Å². The van der Waals surface area contributed by atoms with Gasteiger partial charge in [-0.1, -0.05) is 254 Å². The maximum Gasteiger partial charge on any atom is 0.222 e. The molecular weight excluding hydrogens is 913 g/mol. The number of nitrogens with one attached hydrogen (secondary N) is 2. The number of carbonyl (C=O) groups is 4. The zero-order chi connectivity index (χ0) is 54.4. The minimum atomic E-state index is 0.0590. The van der Waals surface area contributed by atoms with Gasteiger partial charge in [-0.05, 0) is 72.5 Å². The third-order valence-electron chi connectivity index (χ3n) is 11.1. The number of rotatable bonds is 25. The van der Waals surface area contributed by atoms with E-state index in [-0.39, 0.29) is 47.1 Å². The first-order valence-corrected chi connectivity index (χ1v) is 30.2. The first-order valence-electron chi connectivity index (χ1n) is 27.9. The van der Waals surface area contributed by atoms with Gasteiger partial charge in [-0.15, -0.1) is 11.3 Å². The van der Waals surface area contributed by atoms with Crippen LogP contribution < -0.4 is 10.6 Å². The second-order valence-electron chi connectivity index (χ2n) is 21.4. The number of Topliss-reactive ketones (excluding diaryl/α,β-unsaturated/α-hetero) is 2. The van der Waals surface area contributed by atoms with Crippen molar-refractivity contribution in [2.75, 3.05) is 18.6 Å². The molecule has 6 nitrogen and oxygen atoms in total. The lowest BCUT2D eigenvalue weighted by atomic mass is 10.0. The summed E-state index contributed by atoms with van der Waals surface area (Å²) in [7, 11) is 0. The van der Waals surface area contributed by atoms with Crippen LogP contribution in [0.15, 0.2) is 78.2 Å². The van der Waals surface area contributed by atoms with Gasteiger partial charge >= 0.3 is 0 Å². The number of amides is 2. The summed E-state index contributed by atoms with van der Waals surface area (Å²) in [4.78, 5) is 45.3. The molecule has 1 aliphatic carbocycles. The Morgan fingerprint density at radius 3 is 1.37 bits per heavy atom. The highest BCUT2D eigenvalue weighted by molar-refractivity contribution is 7.98. The molecular formula is C63H110N2O4S2. The summed E-state index contributed by atoms with van der Waals surface area (Å²) in [6.07, 6.45) is 23.9. The van der Waals surface area contributed by atoms with Crippen molar-refractivity contribution in [3.05, 3.63) is 94.2 Å². The van der Waals surface area contributed by atoms with Crippen LogP contribution >= 0.6 is 23.1 Å². The Balaban J connectivity index is -0.000000769. The van der Waals surface area contributed by atoms with Crippen LogP contribution in [0.3, 0.4) is 0 Å². The van der Waals surface area contributed by atoms with E-state index in [4.69, 9.17) is 0 Å². The fraction of sp³-hybridized carbons (Fsp3) is 0.683. The highest BCUT2D eigenvalue weighted by Crippen LogP contribution is 2.34. The van der Waals surface area contributed by atoms with Crippen LogP contribution in [-0.4, -0.2) is 41.9 Å². The Labute approximate surface area is 447 Å². The Morgan fingerprint density at radius 2 is 1.00 bits per heavy atom. The van der Waals surface area contributed by atoms with Crippen molar-refractivity contribution in [3.63, 3.8) is 0 Å². The van der Waals surface area contributed by atoms with Gasteiger partial charge in [-0.3, -0.25) is 19.2 Å². The number of carbonyl (C=O) groups excluding carboxylic acids is 4. The smallest absolute Gasteiger partial charge is 0.222 e. The van der Waals surface area contributed by atoms with Crippen LogP contribution in [-0.2, 0) is 16.1 Å². The van der Waals surface area contributed by atoms with E-state index in [1.807, 2.05) is 152 Å². The van der Waals surface area contributed by atoms with Gasteiger partial charge in [0.25, 0.3) is 0 Å². The van der Waals surface area contributed by atoms with E-state index in [0.717, 1.165) is 46.2 Å². The van der Waals surface area contributed by atoms with Crippen LogP contribution in [0, 0.1) is 47.3 Å². The number of unbranched alkanes of at least 4 members (excludes halogenated alkanes) is 8. The number of hydrogen-bond donors (Lipinski definition) is 2. The van der Waals surface area contributed by atoms with Gasteiger partial charge in [0, 0.05) is 42.3 Å². The Kier molecular flexibility index (Phi) is 49.7. The summed E-state index contributed by atoms with van der Waals surface area (Å²) in [5.74, 6) is 6.28. The van der Waals surface area contributed by atoms with Gasteiger partial charge in [0.1, 0.15) is 0 Å². The van der Waals surface area contributed by atoms with Crippen LogP contribution in [0.1, 0.15) is 233 Å². The summed E-state index contributed by atoms with van der Waals surface area (Å²) in [5, 5.41) is 7.49. The van der Waals surface area contributed by atoms with E-state index >= 15 is 0 Å². The molecule has 0 radical (unpaired) electrons. The van der Waals surface area contributed by atoms with Gasteiger partial charge in [0.15, 0.2) is 11.6 Å². The minimum absolute atomic E-state index is 0.0590. The lowest BCUT2D eigenvalue weighted by Crippen LogP contribution is -2.26. The first kappa shape index (κ1) is 72.0. The second kappa shape index (κ2) is 49.0. The van der Waals surface area contributed by atoms with Crippen molar-refractivity contribution in [2.45, 2.75) is 214 Å². The maximum atomic E-state index is 11.3. The zero-order valence-corrected chi connectivity index (χ0v) is 50.4. The number of hydrogen-bond acceptors (Lipinski definition) is 6. The van der Waals surface area contributed by atoms with Gasteiger partial charge < -0.3 is 10.6 Å². The largest absolute Gasteiger partial charge is 0.356 e. The topological polar surface area (TPSA) is 92.3 Å².